The molecule has 8 heteroatoms. The van der Waals surface area contributed by atoms with Gasteiger partial charge in [0.25, 0.3) is 0 Å². The van der Waals surface area contributed by atoms with E-state index in [-0.39, 0.29) is 12.6 Å². The summed E-state index contributed by atoms with van der Waals surface area (Å²) in [6.45, 7) is 1.83. The minimum absolute atomic E-state index is 0.176. The summed E-state index contributed by atoms with van der Waals surface area (Å²) in [5, 5.41) is 0. The third kappa shape index (κ3) is 11.9. The van der Waals surface area contributed by atoms with Crippen molar-refractivity contribution in [3.05, 3.63) is 204 Å². The Labute approximate surface area is 363 Å². The SMILES string of the molecule is COc1ccc(N(c2ccccc2)c2ccc(C=Cc3ccc(C=Cc4ccc(N(c5ccccc5)c5ccc(OC(=O)OCCCCOC(C)=O)cc5)cc4)cc3)cc2)cc1. The van der Waals surface area contributed by atoms with E-state index in [1.807, 2.05) is 48.5 Å². The molecule has 0 N–H and O–H groups in total. The maximum Gasteiger partial charge on any atom is 0.513 e. The Kier molecular flexibility index (Phi) is 14.6. The zero-order valence-corrected chi connectivity index (χ0v) is 34.8. The lowest BCUT2D eigenvalue weighted by atomic mass is 10.1. The lowest BCUT2D eigenvalue weighted by molar-refractivity contribution is -0.141. The van der Waals surface area contributed by atoms with Crippen molar-refractivity contribution < 1.29 is 28.5 Å². The van der Waals surface area contributed by atoms with Gasteiger partial charge in [-0.25, -0.2) is 4.79 Å². The molecule has 7 aromatic rings. The van der Waals surface area contributed by atoms with Crippen LogP contribution in [0.3, 0.4) is 0 Å². The van der Waals surface area contributed by atoms with E-state index < -0.39 is 6.16 Å². The molecule has 0 radical (unpaired) electrons. The average Bonchev–Trinajstić information content (AvgIpc) is 3.31. The summed E-state index contributed by atoms with van der Waals surface area (Å²) in [4.78, 5) is 27.5. The average molecular weight is 821 g/mol. The molecule has 0 aliphatic heterocycles. The van der Waals surface area contributed by atoms with Gasteiger partial charge in [0, 0.05) is 41.0 Å². The molecule has 0 saturated carbocycles. The molecule has 0 fully saturated rings. The summed E-state index contributed by atoms with van der Waals surface area (Å²) in [5.41, 5.74) is 10.5. The lowest BCUT2D eigenvalue weighted by Crippen LogP contribution is -2.12. The standard InChI is InChI=1S/C54H48N2O6/c1-41(57)60-39-9-10-40-61-54(58)62-53-37-33-51(34-38-53)56(47-13-7-4-8-14-47)49-29-25-45(26-30-49)22-20-43-17-15-42(16-18-43)19-21-44-23-27-48(28-24-44)55(46-11-5-3-6-12-46)50-31-35-52(59-2)36-32-50/h3-8,11-38H,9-10,39-40H2,1-2H3. The van der Waals surface area contributed by atoms with Crippen molar-refractivity contribution >= 4 is 70.6 Å². The van der Waals surface area contributed by atoms with E-state index in [1.165, 1.54) is 6.92 Å². The normalized spacial score (nSPS) is 11.0. The third-order valence-electron chi connectivity index (χ3n) is 9.89. The summed E-state index contributed by atoms with van der Waals surface area (Å²) in [5.74, 6) is 0.869. The zero-order valence-electron chi connectivity index (χ0n) is 34.8. The first-order valence-corrected chi connectivity index (χ1v) is 20.5. The molecule has 0 unspecified atom stereocenters. The van der Waals surface area contributed by atoms with Gasteiger partial charge in [-0.15, -0.1) is 0 Å². The van der Waals surface area contributed by atoms with E-state index in [4.69, 9.17) is 18.9 Å². The molecular formula is C54H48N2O6. The maximum atomic E-state index is 12.2. The first kappa shape index (κ1) is 42.3. The van der Waals surface area contributed by atoms with Gasteiger partial charge in [-0.3, -0.25) is 4.79 Å². The molecule has 8 nitrogen and oxygen atoms in total. The monoisotopic (exact) mass is 820 g/mol. The first-order chi connectivity index (χ1) is 30.4. The molecular weight excluding hydrogens is 773 g/mol. The van der Waals surface area contributed by atoms with Gasteiger partial charge in [0.05, 0.1) is 20.3 Å². The third-order valence-corrected chi connectivity index (χ3v) is 9.89. The molecule has 7 aromatic carbocycles. The van der Waals surface area contributed by atoms with Gasteiger partial charge in [-0.1, -0.05) is 109 Å². The number of rotatable bonds is 17. The van der Waals surface area contributed by atoms with E-state index in [1.54, 1.807) is 19.2 Å². The van der Waals surface area contributed by atoms with Crippen molar-refractivity contribution in [2.24, 2.45) is 0 Å². The van der Waals surface area contributed by atoms with Crippen LogP contribution in [-0.2, 0) is 14.3 Å². The Hall–Kier alpha value is -7.84. The predicted octanol–water partition coefficient (Wildman–Crippen LogP) is 13.8. The number of esters is 1. The number of ether oxygens (including phenoxy) is 4. The second-order valence-electron chi connectivity index (χ2n) is 14.3. The number of unbranched alkanes of at least 4 members (excludes halogenated alkanes) is 1. The largest absolute Gasteiger partial charge is 0.513 e. The van der Waals surface area contributed by atoms with Crippen LogP contribution in [0.25, 0.3) is 24.3 Å². The van der Waals surface area contributed by atoms with Crippen LogP contribution >= 0.6 is 0 Å². The number of benzene rings is 7. The second-order valence-corrected chi connectivity index (χ2v) is 14.3. The highest BCUT2D eigenvalue weighted by Gasteiger charge is 2.15. The quantitative estimate of drug-likeness (QED) is 0.0389. The molecule has 0 aliphatic rings. The highest BCUT2D eigenvalue weighted by molar-refractivity contribution is 5.80. The van der Waals surface area contributed by atoms with E-state index in [2.05, 4.69) is 155 Å². The number of methoxy groups -OCH3 is 1. The zero-order chi connectivity index (χ0) is 42.9. The molecule has 0 bridgehead atoms. The first-order valence-electron chi connectivity index (χ1n) is 20.5. The fourth-order valence-corrected chi connectivity index (χ4v) is 6.72. The predicted molar refractivity (Wildman–Crippen MR) is 251 cm³/mol. The fraction of sp³-hybridized carbons (Fsp3) is 0.111. The number of para-hydroxylation sites is 2. The molecule has 7 rings (SSSR count). The van der Waals surface area contributed by atoms with E-state index >= 15 is 0 Å². The van der Waals surface area contributed by atoms with Crippen LogP contribution in [0.1, 0.15) is 42.0 Å². The number of anilines is 6. The van der Waals surface area contributed by atoms with Crippen molar-refractivity contribution in [3.8, 4) is 11.5 Å². The van der Waals surface area contributed by atoms with Crippen LogP contribution in [0, 0.1) is 0 Å². The van der Waals surface area contributed by atoms with Crippen molar-refractivity contribution in [2.45, 2.75) is 19.8 Å². The van der Waals surface area contributed by atoms with Crippen LogP contribution in [0.5, 0.6) is 11.5 Å². The topological polar surface area (TPSA) is 77.5 Å². The molecule has 0 atom stereocenters. The molecule has 0 amide bonds. The second kappa shape index (κ2) is 21.4. The Bertz CT molecular complexity index is 2540. The summed E-state index contributed by atoms with van der Waals surface area (Å²) in [6, 6.07) is 61.3. The van der Waals surface area contributed by atoms with Gasteiger partial charge >= 0.3 is 12.1 Å². The van der Waals surface area contributed by atoms with E-state index in [9.17, 15) is 9.59 Å². The smallest absolute Gasteiger partial charge is 0.497 e. The summed E-state index contributed by atoms with van der Waals surface area (Å²) in [6.07, 6.45) is 8.87. The van der Waals surface area contributed by atoms with Gasteiger partial charge in [-0.05, 0) is 132 Å². The molecule has 0 saturated heterocycles. The molecule has 0 spiro atoms. The van der Waals surface area contributed by atoms with Crippen LogP contribution in [0.4, 0.5) is 38.9 Å². The number of nitrogens with zero attached hydrogens (tertiary/aromatic N) is 2. The minimum atomic E-state index is -0.780. The number of carbonyl (C=O) groups is 2. The van der Waals surface area contributed by atoms with Crippen molar-refractivity contribution in [1.82, 2.24) is 0 Å². The van der Waals surface area contributed by atoms with E-state index in [0.717, 1.165) is 62.1 Å². The molecule has 0 heterocycles. The van der Waals surface area contributed by atoms with Crippen LogP contribution in [0.2, 0.25) is 0 Å². The molecule has 0 aromatic heterocycles. The van der Waals surface area contributed by atoms with Gasteiger partial charge in [0.1, 0.15) is 11.5 Å². The molecule has 0 aliphatic carbocycles. The van der Waals surface area contributed by atoms with Crippen LogP contribution in [-0.4, -0.2) is 32.4 Å². The van der Waals surface area contributed by atoms with Gasteiger partial charge < -0.3 is 28.7 Å². The van der Waals surface area contributed by atoms with Gasteiger partial charge in [-0.2, -0.15) is 0 Å². The summed E-state index contributed by atoms with van der Waals surface area (Å²) in [7, 11) is 1.68. The molecule has 310 valence electrons. The Morgan fingerprint density at radius 2 is 0.742 bits per heavy atom. The van der Waals surface area contributed by atoms with Crippen molar-refractivity contribution in [2.75, 3.05) is 30.1 Å². The highest BCUT2D eigenvalue weighted by atomic mass is 16.7. The van der Waals surface area contributed by atoms with Gasteiger partial charge in [0.2, 0.25) is 0 Å². The number of carbonyl (C=O) groups excluding carboxylic acids is 2. The number of hydrogen-bond donors (Lipinski definition) is 0. The minimum Gasteiger partial charge on any atom is -0.497 e. The molecule has 62 heavy (non-hydrogen) atoms. The lowest BCUT2D eigenvalue weighted by Gasteiger charge is -2.25. The Morgan fingerprint density at radius 3 is 1.11 bits per heavy atom. The Morgan fingerprint density at radius 1 is 0.419 bits per heavy atom. The van der Waals surface area contributed by atoms with Crippen LogP contribution in [0.15, 0.2) is 182 Å². The highest BCUT2D eigenvalue weighted by Crippen LogP contribution is 2.37. The maximum absolute atomic E-state index is 12.2. The van der Waals surface area contributed by atoms with Crippen molar-refractivity contribution in [3.63, 3.8) is 0 Å². The van der Waals surface area contributed by atoms with Crippen molar-refractivity contribution in [1.29, 1.82) is 0 Å². The van der Waals surface area contributed by atoms with E-state index in [0.29, 0.717) is 25.2 Å². The summed E-state index contributed by atoms with van der Waals surface area (Å²) < 4.78 is 20.8. The van der Waals surface area contributed by atoms with Crippen LogP contribution < -0.4 is 19.3 Å². The fourth-order valence-electron chi connectivity index (χ4n) is 6.72. The Balaban J connectivity index is 0.958. The summed E-state index contributed by atoms with van der Waals surface area (Å²) >= 11 is 0. The van der Waals surface area contributed by atoms with Gasteiger partial charge in [0.15, 0.2) is 0 Å². The number of hydrogen-bond acceptors (Lipinski definition) is 8.